The highest BCUT2D eigenvalue weighted by Gasteiger charge is 2.31. The molecule has 2 amide bonds. The molecule has 0 fully saturated rings. The summed E-state index contributed by atoms with van der Waals surface area (Å²) in [5, 5.41) is 4.41. The Morgan fingerprint density at radius 3 is 2.16 bits per heavy atom. The lowest BCUT2D eigenvalue weighted by Gasteiger charge is -2.13. The van der Waals surface area contributed by atoms with Gasteiger partial charge >= 0.3 is 12.3 Å². The van der Waals surface area contributed by atoms with E-state index < -0.39 is 23.7 Å². The molecule has 2 aromatic rings. The van der Waals surface area contributed by atoms with Gasteiger partial charge in [-0.15, -0.1) is 0 Å². The second-order valence-corrected chi connectivity index (χ2v) is 4.82. The molecule has 0 aliphatic rings. The Morgan fingerprint density at radius 2 is 1.60 bits per heavy atom. The molecular formula is C17H13F3N2O3. The van der Waals surface area contributed by atoms with Gasteiger partial charge in [0.2, 0.25) is 5.91 Å². The van der Waals surface area contributed by atoms with Crippen LogP contribution in [0, 0.1) is 0 Å². The van der Waals surface area contributed by atoms with E-state index in [-0.39, 0.29) is 17.1 Å². The van der Waals surface area contributed by atoms with E-state index >= 15 is 0 Å². The molecular weight excluding hydrogens is 337 g/mol. The number of ether oxygens (including phenoxy) is 1. The van der Waals surface area contributed by atoms with Crippen molar-refractivity contribution in [2.75, 3.05) is 10.6 Å². The largest absolute Gasteiger partial charge is 0.417 e. The van der Waals surface area contributed by atoms with Crippen LogP contribution in [0.1, 0.15) is 5.56 Å². The van der Waals surface area contributed by atoms with Crippen LogP contribution in [-0.2, 0) is 11.0 Å². The van der Waals surface area contributed by atoms with Crippen molar-refractivity contribution in [3.63, 3.8) is 0 Å². The van der Waals surface area contributed by atoms with Crippen LogP contribution in [0.15, 0.2) is 61.2 Å². The molecule has 130 valence electrons. The van der Waals surface area contributed by atoms with Crippen LogP contribution in [0.4, 0.5) is 29.3 Å². The predicted molar refractivity (Wildman–Crippen MR) is 86.4 cm³/mol. The van der Waals surface area contributed by atoms with E-state index in [1.165, 1.54) is 18.2 Å². The van der Waals surface area contributed by atoms with Gasteiger partial charge in [0.1, 0.15) is 5.75 Å². The first kappa shape index (κ1) is 18.1. The zero-order valence-corrected chi connectivity index (χ0v) is 12.8. The molecule has 0 atom stereocenters. The lowest BCUT2D eigenvalue weighted by molar-refractivity contribution is -0.137. The number of carbonyl (C=O) groups excluding carboxylic acids is 2. The maximum Gasteiger partial charge on any atom is 0.417 e. The summed E-state index contributed by atoms with van der Waals surface area (Å²) < 4.78 is 43.9. The fraction of sp³-hybridized carbons (Fsp3) is 0.0588. The fourth-order valence-corrected chi connectivity index (χ4v) is 1.87. The van der Waals surface area contributed by atoms with E-state index in [9.17, 15) is 22.8 Å². The molecule has 0 aromatic heterocycles. The topological polar surface area (TPSA) is 67.4 Å². The van der Waals surface area contributed by atoms with Crippen LogP contribution in [0.3, 0.4) is 0 Å². The number of nitrogens with one attached hydrogen (secondary N) is 2. The zero-order valence-electron chi connectivity index (χ0n) is 12.8. The van der Waals surface area contributed by atoms with E-state index in [1.807, 2.05) is 0 Å². The van der Waals surface area contributed by atoms with E-state index in [2.05, 4.69) is 17.2 Å². The summed E-state index contributed by atoms with van der Waals surface area (Å²) in [7, 11) is 0. The highest BCUT2D eigenvalue weighted by Crippen LogP contribution is 2.33. The second kappa shape index (κ2) is 7.52. The lowest BCUT2D eigenvalue weighted by Crippen LogP contribution is -2.18. The fourth-order valence-electron chi connectivity index (χ4n) is 1.87. The van der Waals surface area contributed by atoms with Crippen molar-refractivity contribution >= 4 is 23.4 Å². The van der Waals surface area contributed by atoms with Crippen LogP contribution in [0.2, 0.25) is 0 Å². The van der Waals surface area contributed by atoms with Gasteiger partial charge in [-0.1, -0.05) is 24.8 Å². The molecule has 0 saturated carbocycles. The summed E-state index contributed by atoms with van der Waals surface area (Å²) in [5.74, 6) is -0.454. The summed E-state index contributed by atoms with van der Waals surface area (Å²) in [4.78, 5) is 23.1. The summed E-state index contributed by atoms with van der Waals surface area (Å²) >= 11 is 0. The van der Waals surface area contributed by atoms with E-state index in [1.54, 1.807) is 18.2 Å². The van der Waals surface area contributed by atoms with Gasteiger partial charge in [0.25, 0.3) is 0 Å². The maximum atomic E-state index is 13.0. The van der Waals surface area contributed by atoms with E-state index in [0.29, 0.717) is 0 Å². The van der Waals surface area contributed by atoms with Gasteiger partial charge in [-0.3, -0.25) is 10.1 Å². The van der Waals surface area contributed by atoms with E-state index in [0.717, 1.165) is 18.2 Å². The Labute approximate surface area is 141 Å². The first-order chi connectivity index (χ1) is 11.8. The third-order valence-electron chi connectivity index (χ3n) is 2.91. The number of rotatable bonds is 4. The van der Waals surface area contributed by atoms with Gasteiger partial charge in [-0.2, -0.15) is 13.2 Å². The van der Waals surface area contributed by atoms with Crippen molar-refractivity contribution in [1.82, 2.24) is 0 Å². The average molecular weight is 350 g/mol. The molecule has 0 bridgehead atoms. The zero-order chi connectivity index (χ0) is 18.4. The number of alkyl halides is 3. The van der Waals surface area contributed by atoms with Crippen molar-refractivity contribution in [2.24, 2.45) is 0 Å². The number of para-hydroxylation sites is 1. The molecule has 0 saturated heterocycles. The molecule has 0 aliphatic heterocycles. The number of carbonyl (C=O) groups is 2. The molecule has 2 N–H and O–H groups in total. The molecule has 25 heavy (non-hydrogen) atoms. The molecule has 5 nitrogen and oxygen atoms in total. The van der Waals surface area contributed by atoms with Gasteiger partial charge in [-0.05, 0) is 36.4 Å². The smallest absolute Gasteiger partial charge is 0.410 e. The normalized spacial score (nSPS) is 10.7. The Bertz CT molecular complexity index is 789. The van der Waals surface area contributed by atoms with Crippen LogP contribution in [-0.4, -0.2) is 12.0 Å². The third kappa shape index (κ3) is 5.38. The van der Waals surface area contributed by atoms with Gasteiger partial charge < -0.3 is 10.1 Å². The summed E-state index contributed by atoms with van der Waals surface area (Å²) in [6.07, 6.45) is -4.71. The monoisotopic (exact) mass is 350 g/mol. The first-order valence-corrected chi connectivity index (χ1v) is 6.97. The van der Waals surface area contributed by atoms with Crippen LogP contribution in [0.5, 0.6) is 5.75 Å². The quantitative estimate of drug-likeness (QED) is 0.801. The minimum absolute atomic E-state index is 0.144. The van der Waals surface area contributed by atoms with Crippen molar-refractivity contribution in [3.05, 3.63) is 66.7 Å². The number of anilines is 2. The molecule has 2 rings (SSSR count). The molecule has 8 heteroatoms. The van der Waals surface area contributed by atoms with Crippen molar-refractivity contribution in [1.29, 1.82) is 0 Å². The van der Waals surface area contributed by atoms with Gasteiger partial charge in [0.05, 0.1) is 5.56 Å². The Morgan fingerprint density at radius 1 is 1.00 bits per heavy atom. The predicted octanol–water partition coefficient (Wildman–Crippen LogP) is 4.44. The molecule has 0 aliphatic carbocycles. The number of hydrogen-bond acceptors (Lipinski definition) is 3. The number of amides is 2. The van der Waals surface area contributed by atoms with E-state index in [4.69, 9.17) is 4.74 Å². The third-order valence-corrected chi connectivity index (χ3v) is 2.91. The number of benzene rings is 2. The molecule has 0 heterocycles. The SMILES string of the molecule is C=CC(=O)Nc1cc(NC(=O)Oc2ccccc2)cc(C(F)(F)F)c1. The van der Waals surface area contributed by atoms with Gasteiger partial charge in [0, 0.05) is 11.4 Å². The van der Waals surface area contributed by atoms with Crippen LogP contribution >= 0.6 is 0 Å². The number of hydrogen-bond donors (Lipinski definition) is 2. The van der Waals surface area contributed by atoms with Gasteiger partial charge in [-0.25, -0.2) is 4.79 Å². The van der Waals surface area contributed by atoms with Gasteiger partial charge in [0.15, 0.2) is 0 Å². The minimum atomic E-state index is -4.66. The van der Waals surface area contributed by atoms with Crippen LogP contribution < -0.4 is 15.4 Å². The summed E-state index contributed by atoms with van der Waals surface area (Å²) in [6.45, 7) is 3.22. The summed E-state index contributed by atoms with van der Waals surface area (Å²) in [6, 6.07) is 10.7. The maximum absolute atomic E-state index is 13.0. The number of halogens is 3. The van der Waals surface area contributed by atoms with Crippen molar-refractivity contribution < 1.29 is 27.5 Å². The average Bonchev–Trinajstić information content (AvgIpc) is 2.54. The molecule has 2 aromatic carbocycles. The van der Waals surface area contributed by atoms with Crippen molar-refractivity contribution in [3.8, 4) is 5.75 Å². The molecule has 0 spiro atoms. The molecule has 0 radical (unpaired) electrons. The van der Waals surface area contributed by atoms with Crippen molar-refractivity contribution in [2.45, 2.75) is 6.18 Å². The standard InChI is InChI=1S/C17H13F3N2O3/c1-2-15(23)21-12-8-11(17(18,19)20)9-13(10-12)22-16(24)25-14-6-4-3-5-7-14/h2-10H,1H2,(H,21,23)(H,22,24). The Balaban J connectivity index is 2.23. The second-order valence-electron chi connectivity index (χ2n) is 4.82. The first-order valence-electron chi connectivity index (χ1n) is 6.97. The lowest BCUT2D eigenvalue weighted by atomic mass is 10.1. The minimum Gasteiger partial charge on any atom is -0.410 e. The Hall–Kier alpha value is -3.29. The van der Waals surface area contributed by atoms with Crippen LogP contribution in [0.25, 0.3) is 0 Å². The molecule has 0 unspecified atom stereocenters. The highest BCUT2D eigenvalue weighted by molar-refractivity contribution is 5.99. The summed E-state index contributed by atoms with van der Waals surface area (Å²) in [5.41, 5.74) is -1.37. The Kier molecular flexibility index (Phi) is 5.43. The highest BCUT2D eigenvalue weighted by atomic mass is 19.4.